The van der Waals surface area contributed by atoms with Crippen molar-refractivity contribution in [1.82, 2.24) is 10.6 Å². The van der Waals surface area contributed by atoms with E-state index in [1.807, 2.05) is 30.3 Å². The molecule has 0 radical (unpaired) electrons. The van der Waals surface area contributed by atoms with Gasteiger partial charge in [-0.25, -0.2) is 4.79 Å². The zero-order chi connectivity index (χ0) is 20.0. The van der Waals surface area contributed by atoms with Gasteiger partial charge in [0.15, 0.2) is 0 Å². The van der Waals surface area contributed by atoms with E-state index in [1.165, 1.54) is 5.69 Å². The van der Waals surface area contributed by atoms with Crippen LogP contribution in [-0.2, 0) is 11.3 Å². The number of rotatable bonds is 5. The summed E-state index contributed by atoms with van der Waals surface area (Å²) in [5.41, 5.74) is 3.30. The number of benzene rings is 2. The normalized spacial score (nSPS) is 15.8. The van der Waals surface area contributed by atoms with Crippen LogP contribution in [0.15, 0.2) is 54.6 Å². The Labute approximate surface area is 168 Å². The van der Waals surface area contributed by atoms with Gasteiger partial charge in [0.2, 0.25) is 0 Å². The Hall–Kier alpha value is -2.53. The molecule has 1 aliphatic rings. The average Bonchev–Trinajstić information content (AvgIpc) is 2.71. The van der Waals surface area contributed by atoms with Crippen LogP contribution in [0.25, 0.3) is 0 Å². The fraction of sp³-hybridized carbons (Fsp3) is 0.435. The van der Waals surface area contributed by atoms with Gasteiger partial charge in [0.05, 0.1) is 19.3 Å². The molecule has 0 aliphatic carbocycles. The molecule has 1 aliphatic heterocycles. The maximum Gasteiger partial charge on any atom is 0.315 e. The first-order chi connectivity index (χ1) is 13.4. The van der Waals surface area contributed by atoms with Crippen molar-refractivity contribution in [3.8, 4) is 0 Å². The van der Waals surface area contributed by atoms with Crippen LogP contribution >= 0.6 is 0 Å². The summed E-state index contributed by atoms with van der Waals surface area (Å²) in [5.74, 6) is 0. The van der Waals surface area contributed by atoms with Gasteiger partial charge in [0.25, 0.3) is 0 Å². The number of nitrogens with zero attached hydrogens (tertiary/aromatic N) is 1. The fourth-order valence-corrected chi connectivity index (χ4v) is 3.58. The molecule has 5 nitrogen and oxygen atoms in total. The third kappa shape index (κ3) is 5.26. The van der Waals surface area contributed by atoms with Crippen molar-refractivity contribution in [3.63, 3.8) is 0 Å². The van der Waals surface area contributed by atoms with Gasteiger partial charge in [-0.15, -0.1) is 0 Å². The summed E-state index contributed by atoms with van der Waals surface area (Å²) in [6.45, 7) is 10.1. The van der Waals surface area contributed by atoms with Gasteiger partial charge in [-0.2, -0.15) is 0 Å². The molecule has 5 heteroatoms. The lowest BCUT2D eigenvalue weighted by Crippen LogP contribution is -2.42. The minimum atomic E-state index is -0.152. The minimum Gasteiger partial charge on any atom is -0.378 e. The lowest BCUT2D eigenvalue weighted by atomic mass is 9.82. The Bertz CT molecular complexity index is 765. The van der Waals surface area contributed by atoms with Crippen LogP contribution in [-0.4, -0.2) is 32.3 Å². The molecule has 1 unspecified atom stereocenters. The second kappa shape index (κ2) is 9.11. The second-order valence-electron chi connectivity index (χ2n) is 8.26. The van der Waals surface area contributed by atoms with Crippen molar-refractivity contribution < 1.29 is 9.53 Å². The largest absolute Gasteiger partial charge is 0.378 e. The molecule has 2 aromatic rings. The second-order valence-corrected chi connectivity index (χ2v) is 8.26. The monoisotopic (exact) mass is 381 g/mol. The smallest absolute Gasteiger partial charge is 0.315 e. The van der Waals surface area contributed by atoms with E-state index in [2.05, 4.69) is 60.6 Å². The molecule has 1 saturated heterocycles. The third-order valence-corrected chi connectivity index (χ3v) is 5.06. The van der Waals surface area contributed by atoms with Gasteiger partial charge in [-0.05, 0) is 22.6 Å². The van der Waals surface area contributed by atoms with Gasteiger partial charge in [0.1, 0.15) is 0 Å². The van der Waals surface area contributed by atoms with Gasteiger partial charge < -0.3 is 20.3 Å². The van der Waals surface area contributed by atoms with E-state index in [9.17, 15) is 4.79 Å². The van der Waals surface area contributed by atoms with E-state index in [0.29, 0.717) is 6.54 Å². The van der Waals surface area contributed by atoms with E-state index >= 15 is 0 Å². The summed E-state index contributed by atoms with van der Waals surface area (Å²) in [5, 5.41) is 6.20. The molecule has 0 saturated carbocycles. The van der Waals surface area contributed by atoms with Crippen molar-refractivity contribution in [2.24, 2.45) is 5.41 Å². The highest BCUT2D eigenvalue weighted by atomic mass is 16.5. The molecular formula is C23H31N3O2. The Morgan fingerprint density at radius 1 is 1.04 bits per heavy atom. The molecule has 1 heterocycles. The summed E-state index contributed by atoms with van der Waals surface area (Å²) in [7, 11) is 0. The quantitative estimate of drug-likeness (QED) is 0.819. The zero-order valence-corrected chi connectivity index (χ0v) is 17.1. The lowest BCUT2D eigenvalue weighted by molar-refractivity contribution is 0.122. The molecule has 2 N–H and O–H groups in total. The van der Waals surface area contributed by atoms with Crippen LogP contribution in [0.2, 0.25) is 0 Å². The number of nitrogens with one attached hydrogen (secondary N) is 2. The molecule has 0 spiro atoms. The highest BCUT2D eigenvalue weighted by molar-refractivity contribution is 5.75. The van der Waals surface area contributed by atoms with E-state index in [0.717, 1.165) is 37.4 Å². The van der Waals surface area contributed by atoms with Gasteiger partial charge >= 0.3 is 6.03 Å². The topological polar surface area (TPSA) is 53.6 Å². The van der Waals surface area contributed by atoms with Crippen LogP contribution in [0, 0.1) is 5.41 Å². The van der Waals surface area contributed by atoms with E-state index in [1.54, 1.807) is 0 Å². The summed E-state index contributed by atoms with van der Waals surface area (Å²) in [6.07, 6.45) is 0. The van der Waals surface area contributed by atoms with E-state index < -0.39 is 0 Å². The number of carbonyl (C=O) groups excluding carboxylic acids is 1. The predicted octanol–water partition coefficient (Wildman–Crippen LogP) is 4.11. The number of ether oxygens (including phenoxy) is 1. The number of anilines is 1. The van der Waals surface area contributed by atoms with Crippen LogP contribution < -0.4 is 15.5 Å². The third-order valence-electron chi connectivity index (χ3n) is 5.06. The van der Waals surface area contributed by atoms with Crippen LogP contribution in [0.5, 0.6) is 0 Å². The summed E-state index contributed by atoms with van der Waals surface area (Å²) < 4.78 is 5.46. The maximum absolute atomic E-state index is 12.7. The molecule has 0 bridgehead atoms. The number of hydrogen-bond donors (Lipinski definition) is 2. The van der Waals surface area contributed by atoms with Gasteiger partial charge in [-0.3, -0.25) is 0 Å². The number of hydrogen-bond acceptors (Lipinski definition) is 3. The maximum atomic E-state index is 12.7. The molecule has 150 valence electrons. The summed E-state index contributed by atoms with van der Waals surface area (Å²) >= 11 is 0. The number of carbonyl (C=O) groups is 1. The highest BCUT2D eigenvalue weighted by Gasteiger charge is 2.27. The van der Waals surface area contributed by atoms with E-state index in [-0.39, 0.29) is 17.5 Å². The van der Waals surface area contributed by atoms with Gasteiger partial charge in [-0.1, -0.05) is 69.3 Å². The molecule has 28 heavy (non-hydrogen) atoms. The van der Waals surface area contributed by atoms with Crippen LogP contribution in [0.1, 0.15) is 37.9 Å². The predicted molar refractivity (Wildman–Crippen MR) is 113 cm³/mol. The molecule has 1 atom stereocenters. The first-order valence-electron chi connectivity index (χ1n) is 9.95. The van der Waals surface area contributed by atoms with Crippen molar-refractivity contribution >= 4 is 11.7 Å². The number of para-hydroxylation sites is 1. The van der Waals surface area contributed by atoms with Crippen molar-refractivity contribution in [1.29, 1.82) is 0 Å². The van der Waals surface area contributed by atoms with E-state index in [4.69, 9.17) is 4.74 Å². The Morgan fingerprint density at radius 3 is 2.36 bits per heavy atom. The Kier molecular flexibility index (Phi) is 6.57. The first-order valence-corrected chi connectivity index (χ1v) is 9.95. The molecule has 2 aromatic carbocycles. The summed E-state index contributed by atoms with van der Waals surface area (Å²) in [6, 6.07) is 18.1. The highest BCUT2D eigenvalue weighted by Crippen LogP contribution is 2.32. The minimum absolute atomic E-state index is 0.0665. The fourth-order valence-electron chi connectivity index (χ4n) is 3.58. The number of morpholine rings is 1. The van der Waals surface area contributed by atoms with Gasteiger partial charge in [0, 0.05) is 25.3 Å². The lowest BCUT2D eigenvalue weighted by Gasteiger charge is -2.32. The SMILES string of the molecule is CC(C)(C)C(NC(=O)NCc1ccccc1N1CCOCC1)c1ccccc1. The molecule has 3 rings (SSSR count). The molecular weight excluding hydrogens is 350 g/mol. The zero-order valence-electron chi connectivity index (χ0n) is 17.1. The van der Waals surface area contributed by atoms with Crippen LogP contribution in [0.4, 0.5) is 10.5 Å². The van der Waals surface area contributed by atoms with Crippen LogP contribution in [0.3, 0.4) is 0 Å². The molecule has 0 aromatic heterocycles. The standard InChI is InChI=1S/C23H31N3O2/c1-23(2,3)21(18-9-5-4-6-10-18)25-22(27)24-17-19-11-7-8-12-20(19)26-13-15-28-16-14-26/h4-12,21H,13-17H2,1-3H3,(H2,24,25,27). The average molecular weight is 382 g/mol. The molecule has 2 amide bonds. The molecule has 1 fully saturated rings. The number of urea groups is 1. The first kappa shape index (κ1) is 20.2. The van der Waals surface area contributed by atoms with Crippen molar-refractivity contribution in [2.75, 3.05) is 31.2 Å². The van der Waals surface area contributed by atoms with Crippen molar-refractivity contribution in [2.45, 2.75) is 33.4 Å². The van der Waals surface area contributed by atoms with Crippen molar-refractivity contribution in [3.05, 3.63) is 65.7 Å². The number of amides is 2. The summed E-state index contributed by atoms with van der Waals surface area (Å²) in [4.78, 5) is 15.0. The Morgan fingerprint density at radius 2 is 1.68 bits per heavy atom. The Balaban J connectivity index is 1.65.